The highest BCUT2D eigenvalue weighted by atomic mass is 32.2. The summed E-state index contributed by atoms with van der Waals surface area (Å²) in [6.07, 6.45) is 0.515. The largest absolute Gasteiger partial charge is 0.324 e. The average molecular weight is 358 g/mol. The van der Waals surface area contributed by atoms with Gasteiger partial charge in [-0.25, -0.2) is 13.4 Å². The Morgan fingerprint density at radius 3 is 2.72 bits per heavy atom. The van der Waals surface area contributed by atoms with Gasteiger partial charge in [0.25, 0.3) is 5.91 Å². The summed E-state index contributed by atoms with van der Waals surface area (Å²) >= 11 is 0. The minimum Gasteiger partial charge on any atom is -0.324 e. The molecule has 3 rings (SSSR count). The van der Waals surface area contributed by atoms with Gasteiger partial charge in [-0.05, 0) is 36.8 Å². The van der Waals surface area contributed by atoms with Crippen molar-refractivity contribution in [3.63, 3.8) is 0 Å². The molecule has 0 radical (unpaired) electrons. The van der Waals surface area contributed by atoms with E-state index in [1.54, 1.807) is 25.1 Å². The number of aromatic nitrogens is 2. The molecule has 0 atom stereocenters. The summed E-state index contributed by atoms with van der Waals surface area (Å²) in [5.74, 6) is -0.0126. The van der Waals surface area contributed by atoms with Gasteiger partial charge in [0.2, 0.25) is 16.0 Å². The van der Waals surface area contributed by atoms with E-state index in [4.69, 9.17) is 0 Å². The molecule has 0 aliphatic rings. The molecule has 1 aromatic heterocycles. The first kappa shape index (κ1) is 17.0. The second-order valence-electron chi connectivity index (χ2n) is 5.56. The maximum absolute atomic E-state index is 12.4. The number of imidazole rings is 1. The van der Waals surface area contributed by atoms with Gasteiger partial charge < -0.3 is 4.98 Å². The van der Waals surface area contributed by atoms with E-state index < -0.39 is 10.0 Å². The molecule has 0 saturated carbocycles. The zero-order chi connectivity index (χ0) is 17.9. The van der Waals surface area contributed by atoms with Crippen molar-refractivity contribution in [3.05, 3.63) is 54.1 Å². The van der Waals surface area contributed by atoms with Crippen LogP contribution >= 0.6 is 0 Å². The molecule has 0 spiro atoms. The van der Waals surface area contributed by atoms with E-state index in [0.29, 0.717) is 23.6 Å². The molecular weight excluding hydrogens is 340 g/mol. The van der Waals surface area contributed by atoms with Gasteiger partial charge in [0, 0.05) is 11.3 Å². The summed E-state index contributed by atoms with van der Waals surface area (Å²) in [7, 11) is -3.40. The topological polar surface area (TPSA) is 104 Å². The highest BCUT2D eigenvalue weighted by Gasteiger charge is 2.12. The van der Waals surface area contributed by atoms with Crippen LogP contribution in [-0.2, 0) is 10.0 Å². The average Bonchev–Trinajstić information content (AvgIpc) is 2.96. The second-order valence-corrected chi connectivity index (χ2v) is 7.40. The molecule has 1 amide bonds. The van der Waals surface area contributed by atoms with Crippen molar-refractivity contribution in [2.75, 3.05) is 15.8 Å². The minimum atomic E-state index is -3.40. The van der Waals surface area contributed by atoms with Crippen molar-refractivity contribution in [1.29, 1.82) is 0 Å². The Labute approximate surface area is 145 Å². The molecule has 25 heavy (non-hydrogen) atoms. The number of sulfonamides is 1. The third-order valence-corrected chi connectivity index (χ3v) is 4.98. The number of benzene rings is 2. The number of hydrogen-bond acceptors (Lipinski definition) is 4. The highest BCUT2D eigenvalue weighted by molar-refractivity contribution is 7.92. The Hall–Kier alpha value is -2.87. The highest BCUT2D eigenvalue weighted by Crippen LogP contribution is 2.16. The number of nitrogens with one attached hydrogen (secondary N) is 3. The normalized spacial score (nSPS) is 11.4. The maximum atomic E-state index is 12.4. The van der Waals surface area contributed by atoms with Crippen LogP contribution in [0.15, 0.2) is 48.5 Å². The fraction of sp³-hybridized carbons (Fsp3) is 0.176. The fourth-order valence-corrected chi connectivity index (χ4v) is 3.54. The molecule has 0 aliphatic heterocycles. The third kappa shape index (κ3) is 4.16. The van der Waals surface area contributed by atoms with Gasteiger partial charge in [0.1, 0.15) is 0 Å². The van der Waals surface area contributed by atoms with E-state index >= 15 is 0 Å². The van der Waals surface area contributed by atoms with Crippen molar-refractivity contribution >= 4 is 38.6 Å². The van der Waals surface area contributed by atoms with Gasteiger partial charge >= 0.3 is 0 Å². The number of hydrogen-bond donors (Lipinski definition) is 3. The van der Waals surface area contributed by atoms with Crippen LogP contribution in [0.3, 0.4) is 0 Å². The van der Waals surface area contributed by atoms with E-state index in [0.717, 1.165) is 11.0 Å². The number of para-hydroxylation sites is 2. The molecule has 0 bridgehead atoms. The molecular formula is C17H18N4O3S. The zero-order valence-electron chi connectivity index (χ0n) is 13.6. The number of carbonyl (C=O) groups excluding carboxylic acids is 1. The molecule has 1 heterocycles. The summed E-state index contributed by atoms with van der Waals surface area (Å²) in [5, 5.41) is 2.68. The van der Waals surface area contributed by atoms with Crippen molar-refractivity contribution in [3.8, 4) is 0 Å². The first-order valence-electron chi connectivity index (χ1n) is 7.83. The SMILES string of the molecule is CCCS(=O)(=O)Nc1cccc(C(=O)Nc2nc3ccccc3[nH]2)c1. The Morgan fingerprint density at radius 2 is 1.96 bits per heavy atom. The molecule has 7 nitrogen and oxygen atoms in total. The smallest absolute Gasteiger partial charge is 0.258 e. The van der Waals surface area contributed by atoms with Crippen LogP contribution in [0.4, 0.5) is 11.6 Å². The lowest BCUT2D eigenvalue weighted by Crippen LogP contribution is -2.17. The van der Waals surface area contributed by atoms with Crippen LogP contribution < -0.4 is 10.0 Å². The predicted molar refractivity (Wildman–Crippen MR) is 98.2 cm³/mol. The first-order valence-corrected chi connectivity index (χ1v) is 9.49. The molecule has 2 aromatic carbocycles. The molecule has 3 aromatic rings. The number of nitrogens with zero attached hydrogens (tertiary/aromatic N) is 1. The van der Waals surface area contributed by atoms with E-state index in [1.807, 2.05) is 24.3 Å². The number of anilines is 2. The number of rotatable bonds is 6. The van der Waals surface area contributed by atoms with Crippen molar-refractivity contribution < 1.29 is 13.2 Å². The Balaban J connectivity index is 1.77. The summed E-state index contributed by atoms with van der Waals surface area (Å²) in [4.78, 5) is 19.7. The van der Waals surface area contributed by atoms with E-state index in [-0.39, 0.29) is 11.7 Å². The molecule has 0 fully saturated rings. The summed E-state index contributed by atoms with van der Waals surface area (Å²) < 4.78 is 26.2. The van der Waals surface area contributed by atoms with Gasteiger partial charge in [-0.2, -0.15) is 0 Å². The standard InChI is InChI=1S/C17H18N4O3S/c1-2-10-25(23,24)21-13-7-5-6-12(11-13)16(22)20-17-18-14-8-3-4-9-15(14)19-17/h3-9,11,21H,2,10H2,1H3,(H2,18,19,20,22). The number of carbonyl (C=O) groups is 1. The molecule has 0 unspecified atom stereocenters. The van der Waals surface area contributed by atoms with Gasteiger partial charge in [-0.3, -0.25) is 14.8 Å². The molecule has 8 heteroatoms. The van der Waals surface area contributed by atoms with Gasteiger partial charge in [-0.1, -0.05) is 25.1 Å². The quantitative estimate of drug-likeness (QED) is 0.630. The number of H-pyrrole nitrogens is 1. The number of amides is 1. The number of fused-ring (bicyclic) bond motifs is 1. The van der Waals surface area contributed by atoms with Crippen LogP contribution in [0.2, 0.25) is 0 Å². The number of aromatic amines is 1. The summed E-state index contributed by atoms with van der Waals surface area (Å²) in [6.45, 7) is 1.79. The summed E-state index contributed by atoms with van der Waals surface area (Å²) in [6, 6.07) is 13.8. The molecule has 3 N–H and O–H groups in total. The fourth-order valence-electron chi connectivity index (χ4n) is 2.41. The Bertz CT molecular complexity index is 978. The van der Waals surface area contributed by atoms with Crippen LogP contribution in [0.5, 0.6) is 0 Å². The lowest BCUT2D eigenvalue weighted by atomic mass is 10.2. The molecule has 130 valence electrons. The van der Waals surface area contributed by atoms with Crippen LogP contribution in [0, 0.1) is 0 Å². The lowest BCUT2D eigenvalue weighted by Gasteiger charge is -2.08. The van der Waals surface area contributed by atoms with Gasteiger partial charge in [0.15, 0.2) is 0 Å². The first-order chi connectivity index (χ1) is 12.0. The minimum absolute atomic E-state index is 0.0302. The van der Waals surface area contributed by atoms with Crippen molar-refractivity contribution in [1.82, 2.24) is 9.97 Å². The van der Waals surface area contributed by atoms with Crippen LogP contribution in [0.1, 0.15) is 23.7 Å². The monoisotopic (exact) mass is 358 g/mol. The Morgan fingerprint density at radius 1 is 1.16 bits per heavy atom. The lowest BCUT2D eigenvalue weighted by molar-refractivity contribution is 0.102. The van der Waals surface area contributed by atoms with E-state index in [9.17, 15) is 13.2 Å². The predicted octanol–water partition coefficient (Wildman–Crippen LogP) is 2.97. The van der Waals surface area contributed by atoms with E-state index in [1.165, 1.54) is 6.07 Å². The molecule has 0 aliphatic carbocycles. The van der Waals surface area contributed by atoms with Crippen LogP contribution in [-0.4, -0.2) is 30.0 Å². The van der Waals surface area contributed by atoms with Crippen molar-refractivity contribution in [2.24, 2.45) is 0 Å². The van der Waals surface area contributed by atoms with E-state index in [2.05, 4.69) is 20.0 Å². The van der Waals surface area contributed by atoms with Crippen LogP contribution in [0.25, 0.3) is 11.0 Å². The molecule has 0 saturated heterocycles. The second kappa shape index (κ2) is 6.94. The van der Waals surface area contributed by atoms with Gasteiger partial charge in [0.05, 0.1) is 16.8 Å². The Kier molecular flexibility index (Phi) is 4.71. The zero-order valence-corrected chi connectivity index (χ0v) is 14.4. The third-order valence-electron chi connectivity index (χ3n) is 3.49. The summed E-state index contributed by atoms with van der Waals surface area (Å²) in [5.41, 5.74) is 2.25. The van der Waals surface area contributed by atoms with Crippen molar-refractivity contribution in [2.45, 2.75) is 13.3 Å². The maximum Gasteiger partial charge on any atom is 0.258 e. The van der Waals surface area contributed by atoms with Gasteiger partial charge in [-0.15, -0.1) is 0 Å².